The number of rotatable bonds is 1. The van der Waals surface area contributed by atoms with Gasteiger partial charge in [0.15, 0.2) is 0 Å². The van der Waals surface area contributed by atoms with E-state index in [1.165, 1.54) is 11.1 Å². The molecule has 4 rings (SSSR count). The van der Waals surface area contributed by atoms with Gasteiger partial charge < -0.3 is 9.47 Å². The van der Waals surface area contributed by atoms with Gasteiger partial charge in [-0.1, -0.05) is 36.4 Å². The third-order valence-electron chi connectivity index (χ3n) is 3.70. The van der Waals surface area contributed by atoms with Gasteiger partial charge in [0.25, 0.3) is 0 Å². The van der Waals surface area contributed by atoms with Crippen LogP contribution in [-0.4, -0.2) is 0 Å². The predicted octanol–water partition coefficient (Wildman–Crippen LogP) is 4.02. The van der Waals surface area contributed by atoms with E-state index in [0.29, 0.717) is 0 Å². The smallest absolute Gasteiger partial charge is 0.130 e. The summed E-state index contributed by atoms with van der Waals surface area (Å²) in [7, 11) is 0. The Balaban J connectivity index is 1.62. The van der Waals surface area contributed by atoms with Crippen LogP contribution in [0.5, 0.6) is 11.5 Å². The fourth-order valence-corrected chi connectivity index (χ4v) is 2.62. The van der Waals surface area contributed by atoms with Gasteiger partial charge in [0.2, 0.25) is 0 Å². The lowest BCUT2D eigenvalue weighted by molar-refractivity contribution is 0.398. The van der Waals surface area contributed by atoms with E-state index in [4.69, 9.17) is 9.47 Å². The van der Waals surface area contributed by atoms with E-state index in [1.54, 1.807) is 0 Å². The number of hydrogen-bond donors (Lipinski definition) is 0. The first-order chi connectivity index (χ1) is 9.90. The molecule has 0 spiro atoms. The Hall–Kier alpha value is -2.48. The molecular weight excluding hydrogens is 248 g/mol. The van der Waals surface area contributed by atoms with Crippen LogP contribution in [-0.2, 0) is 12.8 Å². The molecule has 0 aromatic heterocycles. The molecule has 0 fully saturated rings. The molecular formula is C18H14O2. The average molecular weight is 262 g/mol. The summed E-state index contributed by atoms with van der Waals surface area (Å²) in [6.07, 6.45) is 5.70. The third-order valence-corrected chi connectivity index (χ3v) is 3.70. The first-order valence-corrected chi connectivity index (χ1v) is 6.80. The first kappa shape index (κ1) is 11.4. The molecule has 0 aliphatic carbocycles. The van der Waals surface area contributed by atoms with Crippen molar-refractivity contribution in [1.82, 2.24) is 0 Å². The van der Waals surface area contributed by atoms with E-state index in [1.807, 2.05) is 42.7 Å². The van der Waals surface area contributed by atoms with Gasteiger partial charge in [0.1, 0.15) is 17.3 Å². The van der Waals surface area contributed by atoms with Crippen LogP contribution in [0.2, 0.25) is 0 Å². The van der Waals surface area contributed by atoms with E-state index in [0.717, 1.165) is 35.7 Å². The molecule has 0 radical (unpaired) electrons. The highest BCUT2D eigenvalue weighted by molar-refractivity contribution is 5.47. The van der Waals surface area contributed by atoms with Gasteiger partial charge in [-0.15, -0.1) is 0 Å². The van der Waals surface area contributed by atoms with Gasteiger partial charge in [-0.05, 0) is 35.8 Å². The topological polar surface area (TPSA) is 18.5 Å². The second-order valence-corrected chi connectivity index (χ2v) is 5.03. The summed E-state index contributed by atoms with van der Waals surface area (Å²) in [6.45, 7) is 0. The molecule has 0 unspecified atom stereocenters. The average Bonchev–Trinajstić information content (AvgIpc) is 2.54. The molecule has 0 saturated heterocycles. The van der Waals surface area contributed by atoms with Crippen LogP contribution in [0.1, 0.15) is 11.1 Å². The van der Waals surface area contributed by atoms with Crippen LogP contribution in [0.3, 0.4) is 0 Å². The highest BCUT2D eigenvalue weighted by Gasteiger charge is 2.20. The minimum atomic E-state index is 0.851. The summed E-state index contributed by atoms with van der Waals surface area (Å²) in [5.74, 6) is 2.80. The van der Waals surface area contributed by atoms with E-state index < -0.39 is 0 Å². The Bertz CT molecular complexity index is 662. The SMILES string of the molecule is C1=C(C2=CCc3ccccc3O2)Cc2ccccc2O1. The second kappa shape index (κ2) is 4.57. The van der Waals surface area contributed by atoms with Crippen LogP contribution in [0.4, 0.5) is 0 Å². The van der Waals surface area contributed by atoms with Gasteiger partial charge in [-0.2, -0.15) is 0 Å². The molecule has 0 N–H and O–H groups in total. The van der Waals surface area contributed by atoms with Gasteiger partial charge in [-0.3, -0.25) is 0 Å². The molecule has 2 aromatic carbocycles. The van der Waals surface area contributed by atoms with Crippen LogP contribution in [0, 0.1) is 0 Å². The van der Waals surface area contributed by atoms with Crippen molar-refractivity contribution in [2.24, 2.45) is 0 Å². The van der Waals surface area contributed by atoms with Crippen molar-refractivity contribution in [2.75, 3.05) is 0 Å². The monoisotopic (exact) mass is 262 g/mol. The highest BCUT2D eigenvalue weighted by atomic mass is 16.5. The summed E-state index contributed by atoms with van der Waals surface area (Å²) < 4.78 is 11.7. The first-order valence-electron chi connectivity index (χ1n) is 6.80. The van der Waals surface area contributed by atoms with Crippen molar-refractivity contribution in [3.8, 4) is 11.5 Å². The number of allylic oxidation sites excluding steroid dienone is 2. The minimum Gasteiger partial charge on any atom is -0.464 e. The zero-order chi connectivity index (χ0) is 13.4. The van der Waals surface area contributed by atoms with Crippen LogP contribution >= 0.6 is 0 Å². The fraction of sp³-hybridized carbons (Fsp3) is 0.111. The molecule has 2 nitrogen and oxygen atoms in total. The zero-order valence-corrected chi connectivity index (χ0v) is 11.0. The summed E-state index contributed by atoms with van der Waals surface area (Å²) in [5, 5.41) is 0. The fourth-order valence-electron chi connectivity index (χ4n) is 2.62. The summed E-state index contributed by atoms with van der Waals surface area (Å²) in [4.78, 5) is 0. The van der Waals surface area contributed by atoms with Crippen molar-refractivity contribution in [3.63, 3.8) is 0 Å². The predicted molar refractivity (Wildman–Crippen MR) is 77.7 cm³/mol. The molecule has 0 atom stereocenters. The maximum absolute atomic E-state index is 6.00. The highest BCUT2D eigenvalue weighted by Crippen LogP contribution is 2.33. The third kappa shape index (κ3) is 1.90. The molecule has 0 bridgehead atoms. The van der Waals surface area contributed by atoms with Crippen molar-refractivity contribution >= 4 is 0 Å². The molecule has 2 heterocycles. The number of benzene rings is 2. The van der Waals surface area contributed by atoms with Crippen LogP contribution < -0.4 is 9.47 Å². The molecule has 2 aliphatic heterocycles. The lowest BCUT2D eigenvalue weighted by atomic mass is 9.99. The molecule has 98 valence electrons. The quantitative estimate of drug-likeness (QED) is 0.772. The maximum Gasteiger partial charge on any atom is 0.130 e. The maximum atomic E-state index is 6.00. The summed E-state index contributed by atoms with van der Waals surface area (Å²) in [5.41, 5.74) is 3.53. The van der Waals surface area contributed by atoms with E-state index in [-0.39, 0.29) is 0 Å². The second-order valence-electron chi connectivity index (χ2n) is 5.03. The Morgan fingerprint density at radius 2 is 1.55 bits per heavy atom. The number of para-hydroxylation sites is 2. The lowest BCUT2D eigenvalue weighted by Gasteiger charge is -2.23. The lowest BCUT2D eigenvalue weighted by Crippen LogP contribution is -2.12. The van der Waals surface area contributed by atoms with E-state index in [2.05, 4.69) is 18.2 Å². The van der Waals surface area contributed by atoms with Gasteiger partial charge in [0, 0.05) is 12.0 Å². The van der Waals surface area contributed by atoms with Gasteiger partial charge in [-0.25, -0.2) is 0 Å². The van der Waals surface area contributed by atoms with Crippen molar-refractivity contribution in [3.05, 3.63) is 83.3 Å². The molecule has 2 aliphatic rings. The van der Waals surface area contributed by atoms with Crippen LogP contribution in [0.25, 0.3) is 0 Å². The Morgan fingerprint density at radius 3 is 2.45 bits per heavy atom. The van der Waals surface area contributed by atoms with Crippen molar-refractivity contribution < 1.29 is 9.47 Å². The molecule has 0 saturated carbocycles. The molecule has 2 aromatic rings. The van der Waals surface area contributed by atoms with Crippen LogP contribution in [0.15, 0.2) is 72.2 Å². The van der Waals surface area contributed by atoms with E-state index in [9.17, 15) is 0 Å². The minimum absolute atomic E-state index is 0.851. The largest absolute Gasteiger partial charge is 0.464 e. The number of ether oxygens (including phenoxy) is 2. The number of hydrogen-bond acceptors (Lipinski definition) is 2. The Labute approximate surface area is 118 Å². The zero-order valence-electron chi connectivity index (χ0n) is 11.0. The Kier molecular flexibility index (Phi) is 2.59. The van der Waals surface area contributed by atoms with Gasteiger partial charge >= 0.3 is 0 Å². The summed E-state index contributed by atoms with van der Waals surface area (Å²) >= 11 is 0. The molecule has 2 heteroatoms. The summed E-state index contributed by atoms with van der Waals surface area (Å²) in [6, 6.07) is 16.3. The van der Waals surface area contributed by atoms with Gasteiger partial charge in [0.05, 0.1) is 6.26 Å². The standard InChI is InChI=1S/C18H14O2/c1-4-8-17-13(5-1)9-10-18(20-17)15-11-14-6-2-3-7-16(14)19-12-15/h1-8,10,12H,9,11H2. The Morgan fingerprint density at radius 1 is 0.800 bits per heavy atom. The normalized spacial score (nSPS) is 16.0. The molecule has 0 amide bonds. The van der Waals surface area contributed by atoms with Crippen molar-refractivity contribution in [2.45, 2.75) is 12.8 Å². The van der Waals surface area contributed by atoms with E-state index >= 15 is 0 Å². The molecule has 20 heavy (non-hydrogen) atoms. The number of fused-ring (bicyclic) bond motifs is 2. The van der Waals surface area contributed by atoms with Crippen molar-refractivity contribution in [1.29, 1.82) is 0 Å².